The highest BCUT2D eigenvalue weighted by Gasteiger charge is 2.24. The van der Waals surface area contributed by atoms with E-state index in [1.165, 1.54) is 82.0 Å². The van der Waals surface area contributed by atoms with Gasteiger partial charge in [-0.25, -0.2) is 8.42 Å². The van der Waals surface area contributed by atoms with Crippen LogP contribution >= 0.6 is 11.6 Å². The van der Waals surface area contributed by atoms with Crippen LogP contribution in [-0.2, 0) is 21.2 Å². The lowest BCUT2D eigenvalue weighted by Crippen LogP contribution is -2.50. The summed E-state index contributed by atoms with van der Waals surface area (Å²) in [5.74, 6) is 0. The van der Waals surface area contributed by atoms with Crippen molar-refractivity contribution in [3.8, 4) is 0 Å². The quantitative estimate of drug-likeness (QED) is 0.173. The lowest BCUT2D eigenvalue weighted by Gasteiger charge is -2.39. The van der Waals surface area contributed by atoms with Crippen LogP contribution in [0.5, 0.6) is 0 Å². The summed E-state index contributed by atoms with van der Waals surface area (Å²) in [6.45, 7) is 14.8. The molecule has 0 aliphatic carbocycles. The first kappa shape index (κ1) is 29.3. The number of benzene rings is 1. The van der Waals surface area contributed by atoms with Crippen molar-refractivity contribution in [2.24, 2.45) is 0 Å². The Morgan fingerprint density at radius 2 is 1.17 bits per heavy atom. The van der Waals surface area contributed by atoms with Crippen molar-refractivity contribution in [1.29, 1.82) is 0 Å². The molecule has 0 N–H and O–H groups in total. The standard InChI is InChI=1S/C16H36N.C7H7ClO4S/c1-5-9-13-17(14-10-6-2,15-11-7-3)16-12-8-4;8-7-3-1-6(2-4-7)5-12-13(9,10)11/h5-16H2,1-4H3;1-4H,5H2,(H,9,10,11)/q+1;/p-1. The monoisotopic (exact) mass is 463 g/mol. The van der Waals surface area contributed by atoms with Gasteiger partial charge < -0.3 is 9.04 Å². The first-order chi connectivity index (χ1) is 14.2. The molecule has 0 atom stereocenters. The maximum Gasteiger partial charge on any atom is 0.217 e. The van der Waals surface area contributed by atoms with Gasteiger partial charge in [0.25, 0.3) is 0 Å². The molecule has 0 spiro atoms. The summed E-state index contributed by atoms with van der Waals surface area (Å²) in [6.07, 6.45) is 11.1. The van der Waals surface area contributed by atoms with E-state index in [-0.39, 0.29) is 6.61 Å². The van der Waals surface area contributed by atoms with Crippen LogP contribution in [-0.4, -0.2) is 43.6 Å². The van der Waals surface area contributed by atoms with E-state index < -0.39 is 10.4 Å². The fourth-order valence-electron chi connectivity index (χ4n) is 3.37. The molecule has 176 valence electrons. The fourth-order valence-corrected chi connectivity index (χ4v) is 3.77. The lowest BCUT2D eigenvalue weighted by atomic mass is 10.1. The summed E-state index contributed by atoms with van der Waals surface area (Å²) in [4.78, 5) is 0. The molecule has 1 rings (SSSR count). The summed E-state index contributed by atoms with van der Waals surface area (Å²) in [5, 5.41) is 0.536. The summed E-state index contributed by atoms with van der Waals surface area (Å²) in [6, 6.07) is 6.32. The van der Waals surface area contributed by atoms with Gasteiger partial charge in [-0.05, 0) is 43.4 Å². The molecule has 0 aliphatic rings. The van der Waals surface area contributed by atoms with Crippen LogP contribution in [0.2, 0.25) is 5.02 Å². The van der Waals surface area contributed by atoms with Gasteiger partial charge in [0.05, 0.1) is 32.8 Å². The summed E-state index contributed by atoms with van der Waals surface area (Å²) in [7, 11) is -4.62. The molecular formula is C23H42ClNO4S. The van der Waals surface area contributed by atoms with Gasteiger partial charge in [-0.1, -0.05) is 77.1 Å². The Hall–Kier alpha value is -0.660. The van der Waals surface area contributed by atoms with Crippen molar-refractivity contribution in [2.45, 2.75) is 85.7 Å². The van der Waals surface area contributed by atoms with Gasteiger partial charge in [-0.2, -0.15) is 0 Å². The highest BCUT2D eigenvalue weighted by atomic mass is 35.5. The van der Waals surface area contributed by atoms with Gasteiger partial charge >= 0.3 is 0 Å². The number of quaternary nitrogens is 1. The highest BCUT2D eigenvalue weighted by Crippen LogP contribution is 2.16. The third-order valence-corrected chi connectivity index (χ3v) is 5.89. The summed E-state index contributed by atoms with van der Waals surface area (Å²) >= 11 is 5.58. The molecule has 1 aromatic rings. The van der Waals surface area contributed by atoms with Crippen LogP contribution in [0.1, 0.15) is 84.6 Å². The zero-order valence-corrected chi connectivity index (χ0v) is 20.9. The first-order valence-corrected chi connectivity index (χ1v) is 13.1. The predicted molar refractivity (Wildman–Crippen MR) is 125 cm³/mol. The first-order valence-electron chi connectivity index (χ1n) is 11.4. The van der Waals surface area contributed by atoms with Crippen LogP contribution < -0.4 is 0 Å². The molecule has 0 aliphatic heterocycles. The van der Waals surface area contributed by atoms with Crippen LogP contribution in [0.3, 0.4) is 0 Å². The lowest BCUT2D eigenvalue weighted by molar-refractivity contribution is -0.929. The molecule has 0 unspecified atom stereocenters. The molecule has 0 aromatic heterocycles. The molecule has 0 radical (unpaired) electrons. The molecular weight excluding hydrogens is 422 g/mol. The van der Waals surface area contributed by atoms with Gasteiger partial charge in [0, 0.05) is 5.02 Å². The molecule has 0 bridgehead atoms. The minimum atomic E-state index is -4.62. The summed E-state index contributed by atoms with van der Waals surface area (Å²) < 4.78 is 35.7. The highest BCUT2D eigenvalue weighted by molar-refractivity contribution is 7.80. The van der Waals surface area contributed by atoms with Gasteiger partial charge in [0.1, 0.15) is 0 Å². The van der Waals surface area contributed by atoms with Gasteiger partial charge in [-0.3, -0.25) is 4.18 Å². The van der Waals surface area contributed by atoms with E-state index in [1.54, 1.807) is 24.3 Å². The van der Waals surface area contributed by atoms with Crippen LogP contribution in [0.15, 0.2) is 24.3 Å². The number of unbranched alkanes of at least 4 members (excludes halogenated alkanes) is 4. The zero-order chi connectivity index (χ0) is 22.9. The Kier molecular flexibility index (Phi) is 16.6. The Morgan fingerprint density at radius 1 is 0.800 bits per heavy atom. The maximum atomic E-state index is 10.1. The second-order valence-electron chi connectivity index (χ2n) is 7.95. The largest absolute Gasteiger partial charge is 0.726 e. The van der Waals surface area contributed by atoms with Gasteiger partial charge in [0.15, 0.2) is 0 Å². The molecule has 1 aromatic carbocycles. The van der Waals surface area contributed by atoms with Crippen molar-refractivity contribution >= 4 is 22.0 Å². The Morgan fingerprint density at radius 3 is 1.47 bits per heavy atom. The number of hydrogen-bond acceptors (Lipinski definition) is 4. The minimum absolute atomic E-state index is 0.261. The Balaban J connectivity index is 0.000000579. The van der Waals surface area contributed by atoms with E-state index in [0.717, 1.165) is 0 Å². The van der Waals surface area contributed by atoms with Crippen molar-refractivity contribution < 1.29 is 21.6 Å². The smallest absolute Gasteiger partial charge is 0.217 e. The van der Waals surface area contributed by atoms with E-state index >= 15 is 0 Å². The minimum Gasteiger partial charge on any atom is -0.726 e. The predicted octanol–water partition coefficient (Wildman–Crippen LogP) is 6.32. The fraction of sp³-hybridized carbons (Fsp3) is 0.739. The number of nitrogens with zero attached hydrogens (tertiary/aromatic N) is 1. The van der Waals surface area contributed by atoms with E-state index in [0.29, 0.717) is 10.6 Å². The normalized spacial score (nSPS) is 11.8. The van der Waals surface area contributed by atoms with Crippen molar-refractivity contribution in [1.82, 2.24) is 0 Å². The Labute approximate surface area is 190 Å². The molecule has 30 heavy (non-hydrogen) atoms. The zero-order valence-electron chi connectivity index (χ0n) is 19.4. The Bertz CT molecular complexity index is 598. The van der Waals surface area contributed by atoms with E-state index in [1.807, 2.05) is 0 Å². The second-order valence-corrected chi connectivity index (χ2v) is 9.44. The average molecular weight is 464 g/mol. The van der Waals surface area contributed by atoms with Crippen molar-refractivity contribution in [2.75, 3.05) is 26.2 Å². The molecule has 0 saturated carbocycles. The SMILES string of the molecule is CCCC[N+](CCCC)(CCCC)CCCC.O=S(=O)([O-])OCc1ccc(Cl)cc1. The molecule has 0 amide bonds. The van der Waals surface area contributed by atoms with E-state index in [2.05, 4.69) is 31.9 Å². The van der Waals surface area contributed by atoms with Gasteiger partial charge in [-0.15, -0.1) is 0 Å². The van der Waals surface area contributed by atoms with Gasteiger partial charge in [0.2, 0.25) is 10.4 Å². The third kappa shape index (κ3) is 15.2. The van der Waals surface area contributed by atoms with Crippen LogP contribution in [0.25, 0.3) is 0 Å². The van der Waals surface area contributed by atoms with E-state index in [9.17, 15) is 13.0 Å². The number of halogens is 1. The number of hydrogen-bond donors (Lipinski definition) is 0. The molecule has 5 nitrogen and oxygen atoms in total. The van der Waals surface area contributed by atoms with Crippen molar-refractivity contribution in [3.05, 3.63) is 34.9 Å². The second kappa shape index (κ2) is 17.0. The summed E-state index contributed by atoms with van der Waals surface area (Å²) in [5.41, 5.74) is 0.573. The topological polar surface area (TPSA) is 66.4 Å². The van der Waals surface area contributed by atoms with Crippen molar-refractivity contribution in [3.63, 3.8) is 0 Å². The third-order valence-electron chi connectivity index (χ3n) is 5.23. The molecule has 0 fully saturated rings. The van der Waals surface area contributed by atoms with Crippen LogP contribution in [0, 0.1) is 0 Å². The molecule has 7 heteroatoms. The molecule has 0 saturated heterocycles. The average Bonchev–Trinajstić information content (AvgIpc) is 2.72. The number of rotatable bonds is 15. The van der Waals surface area contributed by atoms with Crippen LogP contribution in [0.4, 0.5) is 0 Å². The molecule has 0 heterocycles. The maximum absolute atomic E-state index is 10.1. The van der Waals surface area contributed by atoms with E-state index in [4.69, 9.17) is 11.6 Å².